The van der Waals surface area contributed by atoms with Gasteiger partial charge in [-0.2, -0.15) is 0 Å². The lowest BCUT2D eigenvalue weighted by Crippen LogP contribution is -2.12. The highest BCUT2D eigenvalue weighted by Crippen LogP contribution is 2.47. The van der Waals surface area contributed by atoms with Gasteiger partial charge in [-0.05, 0) is 114 Å². The molecular weight excluding hydrogens is 797 g/mol. The number of hydrogen-bond donors (Lipinski definition) is 0. The largest absolute Gasteiger partial charge is 0.309 e. The fraction of sp³-hybridized carbons (Fsp3) is 0. The van der Waals surface area contributed by atoms with Crippen LogP contribution in [-0.2, 0) is 0 Å². The Hall–Kier alpha value is -8.72. The van der Waals surface area contributed by atoms with E-state index in [2.05, 4.69) is 264 Å². The Kier molecular flexibility index (Phi) is 8.89. The predicted octanol–water partition coefficient (Wildman–Crippen LogP) is 17.9. The Morgan fingerprint density at radius 1 is 0.273 bits per heavy atom. The van der Waals surface area contributed by atoms with Gasteiger partial charge in [0.1, 0.15) is 0 Å². The normalized spacial score (nSPS) is 11.6. The molecule has 0 aliphatic rings. The van der Waals surface area contributed by atoms with E-state index in [0.717, 1.165) is 33.9 Å². The van der Waals surface area contributed by atoms with Gasteiger partial charge in [-0.1, -0.05) is 206 Å². The van der Waals surface area contributed by atoms with E-state index in [1.54, 1.807) is 0 Å². The maximum absolute atomic E-state index is 2.48. The van der Waals surface area contributed by atoms with Crippen molar-refractivity contribution in [2.75, 3.05) is 4.90 Å². The summed E-state index contributed by atoms with van der Waals surface area (Å²) in [5.74, 6) is 0. The van der Waals surface area contributed by atoms with Crippen LogP contribution in [0.25, 0.3) is 104 Å². The molecule has 0 spiro atoms. The van der Waals surface area contributed by atoms with Crippen LogP contribution < -0.4 is 4.90 Å². The lowest BCUT2D eigenvalue weighted by atomic mass is 9.92. The van der Waals surface area contributed by atoms with Crippen molar-refractivity contribution in [3.8, 4) is 39.1 Å². The van der Waals surface area contributed by atoms with Crippen LogP contribution in [0.2, 0.25) is 0 Å². The van der Waals surface area contributed by atoms with Crippen molar-refractivity contribution >= 4 is 82.0 Å². The molecule has 0 aliphatic carbocycles. The van der Waals surface area contributed by atoms with Crippen molar-refractivity contribution in [1.29, 1.82) is 0 Å². The Bertz CT molecular complexity index is 4010. The van der Waals surface area contributed by atoms with Gasteiger partial charge in [0, 0.05) is 33.1 Å². The SMILES string of the molecule is c1cc(-c2cccc3ccccc23)cc(N(c2ccccc2-c2cccc(-n3c4ccccc4c4c5ccccc5ccc43)c2)c2ccc(-c3cccc4ccccc34)c3ccccc23)c1. The molecule has 13 rings (SSSR count). The van der Waals surface area contributed by atoms with Gasteiger partial charge in [0.15, 0.2) is 0 Å². The van der Waals surface area contributed by atoms with Gasteiger partial charge < -0.3 is 9.47 Å². The number of benzene rings is 12. The third-order valence-electron chi connectivity index (χ3n) is 13.5. The molecule has 308 valence electrons. The average molecular weight is 839 g/mol. The lowest BCUT2D eigenvalue weighted by Gasteiger charge is -2.30. The van der Waals surface area contributed by atoms with Gasteiger partial charge in [-0.25, -0.2) is 0 Å². The third kappa shape index (κ3) is 6.11. The number of nitrogens with zero attached hydrogens (tertiary/aromatic N) is 2. The highest BCUT2D eigenvalue weighted by atomic mass is 15.1. The molecule has 66 heavy (non-hydrogen) atoms. The van der Waals surface area contributed by atoms with Gasteiger partial charge >= 0.3 is 0 Å². The molecule has 0 unspecified atom stereocenters. The summed E-state index contributed by atoms with van der Waals surface area (Å²) in [7, 11) is 0. The van der Waals surface area contributed by atoms with E-state index < -0.39 is 0 Å². The van der Waals surface area contributed by atoms with Gasteiger partial charge in [0.25, 0.3) is 0 Å². The molecule has 0 amide bonds. The molecule has 0 atom stereocenters. The second kappa shape index (κ2) is 15.5. The minimum Gasteiger partial charge on any atom is -0.309 e. The highest BCUT2D eigenvalue weighted by Gasteiger charge is 2.22. The van der Waals surface area contributed by atoms with Crippen molar-refractivity contribution in [2.45, 2.75) is 0 Å². The zero-order valence-corrected chi connectivity index (χ0v) is 36.1. The molecule has 0 N–H and O–H groups in total. The van der Waals surface area contributed by atoms with Crippen LogP contribution in [0.4, 0.5) is 17.1 Å². The van der Waals surface area contributed by atoms with Crippen molar-refractivity contribution in [1.82, 2.24) is 4.57 Å². The van der Waals surface area contributed by atoms with E-state index >= 15 is 0 Å². The molecule has 12 aromatic carbocycles. The predicted molar refractivity (Wildman–Crippen MR) is 282 cm³/mol. The molecular formula is C64H42N2. The van der Waals surface area contributed by atoms with Crippen LogP contribution in [0.5, 0.6) is 0 Å². The van der Waals surface area contributed by atoms with Crippen LogP contribution >= 0.6 is 0 Å². The summed E-state index contributed by atoms with van der Waals surface area (Å²) in [6, 6.07) is 93.4. The summed E-state index contributed by atoms with van der Waals surface area (Å²) in [4.78, 5) is 2.48. The van der Waals surface area contributed by atoms with E-state index in [4.69, 9.17) is 0 Å². The second-order valence-electron chi connectivity index (χ2n) is 17.2. The fourth-order valence-corrected chi connectivity index (χ4v) is 10.6. The number of hydrogen-bond acceptors (Lipinski definition) is 1. The monoisotopic (exact) mass is 838 g/mol. The molecule has 2 nitrogen and oxygen atoms in total. The number of aromatic nitrogens is 1. The van der Waals surface area contributed by atoms with Crippen LogP contribution in [0, 0.1) is 0 Å². The Morgan fingerprint density at radius 3 is 1.59 bits per heavy atom. The van der Waals surface area contributed by atoms with E-state index in [9.17, 15) is 0 Å². The standard InChI is InChI=1S/C64H42N2/c1-4-26-50-43(17-1)20-15-33-52(50)46-22-13-24-48(41-46)65(62-40-38-57(56-30-7-8-31-58(56)62)55-34-16-21-44-18-2-5-27-51(44)55)60-35-11-9-28-53(60)47-23-14-25-49(42-47)66-61-36-12-10-32-59(61)64-54-29-6-3-19-45(54)37-39-63(64)66/h1-42H. The van der Waals surface area contributed by atoms with Gasteiger partial charge in [-0.15, -0.1) is 0 Å². The van der Waals surface area contributed by atoms with Crippen molar-refractivity contribution in [3.63, 3.8) is 0 Å². The molecule has 0 bridgehead atoms. The first-order chi connectivity index (χ1) is 32.8. The summed E-state index contributed by atoms with van der Waals surface area (Å²) >= 11 is 0. The average Bonchev–Trinajstić information content (AvgIpc) is 3.74. The lowest BCUT2D eigenvalue weighted by molar-refractivity contribution is 1.18. The second-order valence-corrected chi connectivity index (χ2v) is 17.2. The molecule has 0 saturated heterocycles. The van der Waals surface area contributed by atoms with Crippen LogP contribution in [0.1, 0.15) is 0 Å². The summed E-state index contributed by atoms with van der Waals surface area (Å²) < 4.78 is 2.44. The molecule has 0 radical (unpaired) electrons. The van der Waals surface area contributed by atoms with Gasteiger partial charge in [0.2, 0.25) is 0 Å². The maximum atomic E-state index is 2.48. The van der Waals surface area contributed by atoms with Gasteiger partial charge in [0.05, 0.1) is 22.4 Å². The molecule has 0 aliphatic heterocycles. The van der Waals surface area contributed by atoms with E-state index in [0.29, 0.717) is 0 Å². The van der Waals surface area contributed by atoms with E-state index in [1.807, 2.05) is 0 Å². The van der Waals surface area contributed by atoms with Crippen molar-refractivity contribution in [2.24, 2.45) is 0 Å². The van der Waals surface area contributed by atoms with Crippen LogP contribution in [0.3, 0.4) is 0 Å². The summed E-state index contributed by atoms with van der Waals surface area (Å²) in [6.45, 7) is 0. The molecule has 1 heterocycles. The first kappa shape index (κ1) is 37.8. The first-order valence-electron chi connectivity index (χ1n) is 22.8. The molecule has 0 fully saturated rings. The zero-order valence-electron chi connectivity index (χ0n) is 36.1. The number of anilines is 3. The van der Waals surface area contributed by atoms with Crippen LogP contribution in [-0.4, -0.2) is 4.57 Å². The summed E-state index contributed by atoms with van der Waals surface area (Å²) in [6.07, 6.45) is 0. The smallest absolute Gasteiger partial charge is 0.0547 e. The number of para-hydroxylation sites is 2. The summed E-state index contributed by atoms with van der Waals surface area (Å²) in [5, 5.41) is 12.4. The van der Waals surface area contributed by atoms with Crippen molar-refractivity contribution in [3.05, 3.63) is 255 Å². The quantitative estimate of drug-likeness (QED) is 0.155. The Balaban J connectivity index is 1.04. The molecule has 2 heteroatoms. The zero-order chi connectivity index (χ0) is 43.6. The minimum absolute atomic E-state index is 1.08. The maximum Gasteiger partial charge on any atom is 0.0547 e. The molecule has 0 saturated carbocycles. The molecule has 13 aromatic rings. The minimum atomic E-state index is 1.08. The highest BCUT2D eigenvalue weighted by molar-refractivity contribution is 6.21. The summed E-state index contributed by atoms with van der Waals surface area (Å²) in [5.41, 5.74) is 13.9. The van der Waals surface area contributed by atoms with E-state index in [1.165, 1.54) is 87.1 Å². The van der Waals surface area contributed by atoms with Gasteiger partial charge in [-0.3, -0.25) is 0 Å². The Morgan fingerprint density at radius 2 is 0.803 bits per heavy atom. The van der Waals surface area contributed by atoms with Crippen LogP contribution in [0.15, 0.2) is 255 Å². The number of fused-ring (bicyclic) bond motifs is 8. The first-order valence-corrected chi connectivity index (χ1v) is 22.8. The Labute approximate surface area is 383 Å². The molecule has 1 aromatic heterocycles. The van der Waals surface area contributed by atoms with E-state index in [-0.39, 0.29) is 0 Å². The number of rotatable bonds is 7. The third-order valence-corrected chi connectivity index (χ3v) is 13.5. The van der Waals surface area contributed by atoms with Crippen molar-refractivity contribution < 1.29 is 0 Å². The topological polar surface area (TPSA) is 8.17 Å². The fourth-order valence-electron chi connectivity index (χ4n) is 10.6.